The predicted octanol–water partition coefficient (Wildman–Crippen LogP) is 7.40. The van der Waals surface area contributed by atoms with Crippen LogP contribution in [0.3, 0.4) is 0 Å². The monoisotopic (exact) mass is 380 g/mol. The summed E-state index contributed by atoms with van der Waals surface area (Å²) in [6.45, 7) is 17.8. The zero-order valence-corrected chi connectivity index (χ0v) is 19.3. The van der Waals surface area contributed by atoms with Crippen LogP contribution in [-0.4, -0.2) is 12.1 Å². The summed E-state index contributed by atoms with van der Waals surface area (Å²) in [4.78, 5) is 0. The molecule has 0 saturated carbocycles. The second kappa shape index (κ2) is 10.0. The van der Waals surface area contributed by atoms with Gasteiger partial charge in [0.2, 0.25) is 0 Å². The molecule has 2 aromatic rings. The number of benzene rings is 2. The number of hydrogen-bond donors (Lipinski definition) is 2. The molecule has 0 aliphatic heterocycles. The Hall–Kier alpha value is -1.96. The van der Waals surface area contributed by atoms with E-state index in [-0.39, 0.29) is 0 Å². The van der Waals surface area contributed by atoms with Crippen molar-refractivity contribution >= 4 is 11.4 Å². The van der Waals surface area contributed by atoms with Gasteiger partial charge in [-0.3, -0.25) is 0 Å². The molecule has 0 fully saturated rings. The lowest BCUT2D eigenvalue weighted by atomic mass is 9.95. The van der Waals surface area contributed by atoms with Gasteiger partial charge in [-0.25, -0.2) is 0 Å². The summed E-state index contributed by atoms with van der Waals surface area (Å²) in [5, 5.41) is 7.87. The van der Waals surface area contributed by atoms with Gasteiger partial charge >= 0.3 is 0 Å². The lowest BCUT2D eigenvalue weighted by molar-refractivity contribution is 0.511. The van der Waals surface area contributed by atoms with Crippen molar-refractivity contribution in [3.63, 3.8) is 0 Å². The van der Waals surface area contributed by atoms with Crippen LogP contribution in [-0.2, 0) is 0 Å². The lowest BCUT2D eigenvalue weighted by Gasteiger charge is -2.32. The van der Waals surface area contributed by atoms with E-state index < -0.39 is 0 Å². The van der Waals surface area contributed by atoms with Crippen molar-refractivity contribution in [1.29, 1.82) is 0 Å². The van der Waals surface area contributed by atoms with Gasteiger partial charge in [-0.1, -0.05) is 62.1 Å². The fraction of sp³-hybridized carbons (Fsp3) is 0.538. The third kappa shape index (κ3) is 5.53. The number of anilines is 2. The summed E-state index contributed by atoms with van der Waals surface area (Å²) < 4.78 is 0. The summed E-state index contributed by atoms with van der Waals surface area (Å²) >= 11 is 0. The molecule has 28 heavy (non-hydrogen) atoms. The Morgan fingerprint density at radius 3 is 1.11 bits per heavy atom. The van der Waals surface area contributed by atoms with Crippen molar-refractivity contribution in [2.24, 2.45) is 0 Å². The van der Waals surface area contributed by atoms with E-state index in [0.717, 1.165) is 12.8 Å². The van der Waals surface area contributed by atoms with Gasteiger partial charge < -0.3 is 10.6 Å². The minimum absolute atomic E-state index is 0.408. The topological polar surface area (TPSA) is 24.1 Å². The first-order valence-corrected chi connectivity index (χ1v) is 11.0. The molecule has 0 aromatic heterocycles. The Bertz CT molecular complexity index is 678. The van der Waals surface area contributed by atoms with Gasteiger partial charge in [0.25, 0.3) is 0 Å². The summed E-state index contributed by atoms with van der Waals surface area (Å²) in [6, 6.07) is 9.96. The maximum atomic E-state index is 3.94. The van der Waals surface area contributed by atoms with Crippen LogP contribution < -0.4 is 10.6 Å². The molecule has 2 rings (SSSR count). The van der Waals surface area contributed by atoms with Gasteiger partial charge in [-0.15, -0.1) is 0 Å². The molecule has 0 spiro atoms. The quantitative estimate of drug-likeness (QED) is 0.473. The second-order valence-corrected chi connectivity index (χ2v) is 8.63. The van der Waals surface area contributed by atoms with Crippen LogP contribution in [0.5, 0.6) is 0 Å². The van der Waals surface area contributed by atoms with Gasteiger partial charge in [0.05, 0.1) is 0 Å². The highest BCUT2D eigenvalue weighted by Crippen LogP contribution is 2.28. The molecular formula is C26H40N2. The van der Waals surface area contributed by atoms with Gasteiger partial charge in [0, 0.05) is 23.5 Å². The van der Waals surface area contributed by atoms with Crippen LogP contribution in [0, 0.1) is 41.5 Å². The molecule has 0 bridgehead atoms. The molecule has 154 valence electrons. The molecule has 0 unspecified atom stereocenters. The van der Waals surface area contributed by atoms with Crippen LogP contribution in [0.15, 0.2) is 24.3 Å². The summed E-state index contributed by atoms with van der Waals surface area (Å²) in [6.07, 6.45) is 4.67. The fourth-order valence-corrected chi connectivity index (χ4v) is 4.56. The smallest absolute Gasteiger partial charge is 0.0462 e. The zero-order valence-electron chi connectivity index (χ0n) is 19.3. The Balaban J connectivity index is 2.34. The molecule has 0 radical (unpaired) electrons. The van der Waals surface area contributed by atoms with Crippen molar-refractivity contribution in [1.82, 2.24) is 0 Å². The molecule has 2 aromatic carbocycles. The molecule has 0 aliphatic rings. The van der Waals surface area contributed by atoms with E-state index >= 15 is 0 Å². The fourth-order valence-electron chi connectivity index (χ4n) is 4.56. The molecule has 2 atom stereocenters. The maximum Gasteiger partial charge on any atom is 0.0462 e. The van der Waals surface area contributed by atoms with E-state index in [0.29, 0.717) is 12.1 Å². The standard InChI is InChI=1S/C26H40N2/c1-9-11-23(27-25-19(5)13-17(3)14-20(25)6)24(12-10-2)28-26-21(7)15-18(4)16-22(26)8/h13-16,23-24,27-28H,9-12H2,1-8H3/t23-,24-/m1/s1. The molecule has 2 N–H and O–H groups in total. The molecular weight excluding hydrogens is 340 g/mol. The average molecular weight is 381 g/mol. The number of rotatable bonds is 9. The van der Waals surface area contributed by atoms with Crippen LogP contribution in [0.2, 0.25) is 0 Å². The summed E-state index contributed by atoms with van der Waals surface area (Å²) in [5.41, 5.74) is 10.7. The van der Waals surface area contributed by atoms with E-state index in [4.69, 9.17) is 0 Å². The van der Waals surface area contributed by atoms with Crippen LogP contribution in [0.1, 0.15) is 72.9 Å². The van der Waals surface area contributed by atoms with Gasteiger partial charge in [0.15, 0.2) is 0 Å². The van der Waals surface area contributed by atoms with Gasteiger partial charge in [-0.2, -0.15) is 0 Å². The van der Waals surface area contributed by atoms with Crippen LogP contribution >= 0.6 is 0 Å². The highest BCUT2D eigenvalue weighted by molar-refractivity contribution is 5.61. The highest BCUT2D eigenvalue weighted by Gasteiger charge is 2.22. The third-order valence-corrected chi connectivity index (χ3v) is 5.70. The molecule has 0 aliphatic carbocycles. The average Bonchev–Trinajstić information content (AvgIpc) is 2.59. The van der Waals surface area contributed by atoms with Gasteiger partial charge in [0.1, 0.15) is 0 Å². The van der Waals surface area contributed by atoms with E-state index in [9.17, 15) is 0 Å². The van der Waals surface area contributed by atoms with Crippen molar-refractivity contribution in [2.75, 3.05) is 10.6 Å². The van der Waals surface area contributed by atoms with E-state index in [1.54, 1.807) is 0 Å². The van der Waals surface area contributed by atoms with Crippen molar-refractivity contribution in [3.8, 4) is 0 Å². The Labute approximate surface area is 173 Å². The molecule has 2 nitrogen and oxygen atoms in total. The normalized spacial score (nSPS) is 13.3. The Morgan fingerprint density at radius 2 is 0.857 bits per heavy atom. The van der Waals surface area contributed by atoms with Crippen molar-refractivity contribution in [3.05, 3.63) is 57.6 Å². The molecule has 0 heterocycles. The largest absolute Gasteiger partial charge is 0.380 e. The van der Waals surface area contributed by atoms with E-state index in [2.05, 4.69) is 90.3 Å². The van der Waals surface area contributed by atoms with E-state index in [1.165, 1.54) is 57.6 Å². The van der Waals surface area contributed by atoms with Crippen LogP contribution in [0.25, 0.3) is 0 Å². The highest BCUT2D eigenvalue weighted by atomic mass is 15.0. The number of hydrogen-bond acceptors (Lipinski definition) is 2. The van der Waals surface area contributed by atoms with Crippen LogP contribution in [0.4, 0.5) is 11.4 Å². The minimum atomic E-state index is 0.408. The summed E-state index contributed by atoms with van der Waals surface area (Å²) in [7, 11) is 0. The predicted molar refractivity (Wildman–Crippen MR) is 126 cm³/mol. The minimum Gasteiger partial charge on any atom is -0.380 e. The van der Waals surface area contributed by atoms with E-state index in [1.807, 2.05) is 0 Å². The lowest BCUT2D eigenvalue weighted by Crippen LogP contribution is -2.40. The number of nitrogens with one attached hydrogen (secondary N) is 2. The zero-order chi connectivity index (χ0) is 20.8. The van der Waals surface area contributed by atoms with Crippen molar-refractivity contribution in [2.45, 2.75) is 93.2 Å². The first-order chi connectivity index (χ1) is 13.3. The SMILES string of the molecule is CCC[C@@H](Nc1c(C)cc(C)cc1C)[C@@H](CCC)Nc1c(C)cc(C)cc1C. The third-order valence-electron chi connectivity index (χ3n) is 5.70. The second-order valence-electron chi connectivity index (χ2n) is 8.63. The van der Waals surface area contributed by atoms with Crippen molar-refractivity contribution < 1.29 is 0 Å². The molecule has 2 heteroatoms. The Morgan fingerprint density at radius 1 is 0.571 bits per heavy atom. The number of aryl methyl sites for hydroxylation is 6. The summed E-state index contributed by atoms with van der Waals surface area (Å²) in [5.74, 6) is 0. The molecule has 0 saturated heterocycles. The Kier molecular flexibility index (Phi) is 7.98. The first kappa shape index (κ1) is 22.3. The first-order valence-electron chi connectivity index (χ1n) is 11.0. The molecule has 0 amide bonds. The maximum absolute atomic E-state index is 3.94. The van der Waals surface area contributed by atoms with Gasteiger partial charge in [-0.05, 0) is 76.6 Å².